The molecule has 0 aliphatic heterocycles. The van der Waals surface area contributed by atoms with E-state index >= 15 is 0 Å². The second kappa shape index (κ2) is 6.17. The van der Waals surface area contributed by atoms with Gasteiger partial charge in [0.05, 0.1) is 10.2 Å². The largest absolute Gasteiger partial charge is 0.348 e. The van der Waals surface area contributed by atoms with E-state index in [0.29, 0.717) is 12.1 Å². The van der Waals surface area contributed by atoms with Gasteiger partial charge in [-0.25, -0.2) is 4.39 Å². The van der Waals surface area contributed by atoms with Crippen LogP contribution < -0.4 is 5.32 Å². The Bertz CT molecular complexity index is 639. The first-order valence-corrected chi connectivity index (χ1v) is 7.05. The van der Waals surface area contributed by atoms with Crippen molar-refractivity contribution in [1.29, 1.82) is 0 Å². The van der Waals surface area contributed by atoms with Gasteiger partial charge in [0.1, 0.15) is 5.82 Å². The zero-order valence-corrected chi connectivity index (χ0v) is 12.9. The van der Waals surface area contributed by atoms with Crippen LogP contribution in [0.2, 0.25) is 0 Å². The second-order valence-electron chi connectivity index (χ2n) is 4.44. The molecule has 4 nitrogen and oxygen atoms in total. The van der Waals surface area contributed by atoms with Crippen LogP contribution in [0, 0.1) is 5.82 Å². The fraction of sp³-hybridized carbons (Fsp3) is 0.286. The number of aromatic nitrogens is 2. The molecule has 1 N–H and O–H groups in total. The Morgan fingerprint density at radius 1 is 1.50 bits per heavy atom. The molecular formula is C14H15BrFN3O. The topological polar surface area (TPSA) is 46.9 Å². The standard InChI is InChI=1S/C14H15BrFN3O/c1-3-13-10(8-19(2)18-13)7-17-14(20)9-4-5-12(16)11(15)6-9/h4-6,8H,3,7H2,1-2H3,(H,17,20). The zero-order valence-electron chi connectivity index (χ0n) is 11.3. The van der Waals surface area contributed by atoms with Gasteiger partial charge >= 0.3 is 0 Å². The van der Waals surface area contributed by atoms with Gasteiger partial charge in [-0.3, -0.25) is 9.48 Å². The molecule has 2 aromatic rings. The van der Waals surface area contributed by atoms with Crippen molar-refractivity contribution in [2.45, 2.75) is 19.9 Å². The van der Waals surface area contributed by atoms with Crippen molar-refractivity contribution in [2.24, 2.45) is 7.05 Å². The first kappa shape index (κ1) is 14.7. The minimum absolute atomic E-state index is 0.239. The average molecular weight is 340 g/mol. The monoisotopic (exact) mass is 339 g/mol. The summed E-state index contributed by atoms with van der Waals surface area (Å²) in [6, 6.07) is 4.19. The molecular weight excluding hydrogens is 325 g/mol. The summed E-state index contributed by atoms with van der Waals surface area (Å²) >= 11 is 3.07. The van der Waals surface area contributed by atoms with Gasteiger partial charge in [-0.15, -0.1) is 0 Å². The van der Waals surface area contributed by atoms with Crippen molar-refractivity contribution < 1.29 is 9.18 Å². The summed E-state index contributed by atoms with van der Waals surface area (Å²) in [5.41, 5.74) is 2.37. The molecule has 0 fully saturated rings. The molecule has 0 saturated carbocycles. The normalized spacial score (nSPS) is 10.6. The van der Waals surface area contributed by atoms with E-state index in [9.17, 15) is 9.18 Å². The minimum Gasteiger partial charge on any atom is -0.348 e. The maximum absolute atomic E-state index is 13.1. The van der Waals surface area contributed by atoms with Crippen LogP contribution in [-0.2, 0) is 20.0 Å². The van der Waals surface area contributed by atoms with Crippen LogP contribution in [0.4, 0.5) is 4.39 Å². The predicted molar refractivity (Wildman–Crippen MR) is 77.9 cm³/mol. The molecule has 0 saturated heterocycles. The molecule has 1 amide bonds. The lowest BCUT2D eigenvalue weighted by Gasteiger charge is -2.05. The molecule has 2 rings (SSSR count). The van der Waals surface area contributed by atoms with Gasteiger partial charge in [0.2, 0.25) is 0 Å². The van der Waals surface area contributed by atoms with Crippen LogP contribution in [0.25, 0.3) is 0 Å². The molecule has 0 bridgehead atoms. The molecule has 0 atom stereocenters. The maximum atomic E-state index is 13.1. The molecule has 106 valence electrons. The van der Waals surface area contributed by atoms with E-state index in [2.05, 4.69) is 26.3 Å². The van der Waals surface area contributed by atoms with Crippen molar-refractivity contribution in [3.63, 3.8) is 0 Å². The van der Waals surface area contributed by atoms with Gasteiger partial charge < -0.3 is 5.32 Å². The fourth-order valence-electron chi connectivity index (χ4n) is 1.94. The van der Waals surface area contributed by atoms with Crippen LogP contribution in [-0.4, -0.2) is 15.7 Å². The molecule has 6 heteroatoms. The average Bonchev–Trinajstić information content (AvgIpc) is 2.79. The van der Waals surface area contributed by atoms with Gasteiger partial charge in [-0.05, 0) is 40.5 Å². The summed E-state index contributed by atoms with van der Waals surface area (Å²) in [5, 5.41) is 7.13. The van der Waals surface area contributed by atoms with Crippen molar-refractivity contribution in [1.82, 2.24) is 15.1 Å². The van der Waals surface area contributed by atoms with Gasteiger partial charge in [-0.1, -0.05) is 6.92 Å². The quantitative estimate of drug-likeness (QED) is 0.930. The Labute approximate surface area is 125 Å². The number of amides is 1. The van der Waals surface area contributed by atoms with E-state index in [1.165, 1.54) is 18.2 Å². The van der Waals surface area contributed by atoms with Gasteiger partial charge in [0, 0.05) is 30.9 Å². The lowest BCUT2D eigenvalue weighted by Crippen LogP contribution is -2.23. The van der Waals surface area contributed by atoms with Crippen molar-refractivity contribution in [2.75, 3.05) is 0 Å². The molecule has 1 aromatic heterocycles. The lowest BCUT2D eigenvalue weighted by atomic mass is 10.2. The molecule has 0 aliphatic rings. The third-order valence-electron chi connectivity index (χ3n) is 2.95. The highest BCUT2D eigenvalue weighted by Crippen LogP contribution is 2.17. The fourth-order valence-corrected chi connectivity index (χ4v) is 2.32. The van der Waals surface area contributed by atoms with Crippen LogP contribution in [0.3, 0.4) is 0 Å². The van der Waals surface area contributed by atoms with Crippen LogP contribution in [0.15, 0.2) is 28.9 Å². The molecule has 0 radical (unpaired) electrons. The number of carbonyl (C=O) groups is 1. The van der Waals surface area contributed by atoms with E-state index in [1.807, 2.05) is 20.2 Å². The van der Waals surface area contributed by atoms with Crippen LogP contribution in [0.1, 0.15) is 28.5 Å². The highest BCUT2D eigenvalue weighted by molar-refractivity contribution is 9.10. The number of nitrogens with zero attached hydrogens (tertiary/aromatic N) is 2. The van der Waals surface area contributed by atoms with E-state index < -0.39 is 0 Å². The number of aryl methyl sites for hydroxylation is 2. The van der Waals surface area contributed by atoms with E-state index in [0.717, 1.165) is 17.7 Å². The molecule has 1 aromatic carbocycles. The number of carbonyl (C=O) groups excluding carboxylic acids is 1. The van der Waals surface area contributed by atoms with Crippen molar-refractivity contribution in [3.05, 3.63) is 51.5 Å². The maximum Gasteiger partial charge on any atom is 0.251 e. The van der Waals surface area contributed by atoms with Gasteiger partial charge in [-0.2, -0.15) is 5.10 Å². The summed E-state index contributed by atoms with van der Waals surface area (Å²) in [7, 11) is 1.85. The number of nitrogens with one attached hydrogen (secondary N) is 1. The molecule has 0 spiro atoms. The summed E-state index contributed by atoms with van der Waals surface area (Å²) in [6.45, 7) is 2.43. The Balaban J connectivity index is 2.06. The highest BCUT2D eigenvalue weighted by atomic mass is 79.9. The Morgan fingerprint density at radius 2 is 2.25 bits per heavy atom. The zero-order chi connectivity index (χ0) is 14.7. The first-order chi connectivity index (χ1) is 9.51. The SMILES string of the molecule is CCc1nn(C)cc1CNC(=O)c1ccc(F)c(Br)c1. The van der Waals surface area contributed by atoms with Gasteiger partial charge in [0.15, 0.2) is 0 Å². The van der Waals surface area contributed by atoms with Gasteiger partial charge in [0.25, 0.3) is 5.91 Å². The molecule has 0 unspecified atom stereocenters. The number of halogens is 2. The summed E-state index contributed by atoms with van der Waals surface area (Å²) in [5.74, 6) is -0.626. The van der Waals surface area contributed by atoms with Crippen molar-refractivity contribution in [3.8, 4) is 0 Å². The highest BCUT2D eigenvalue weighted by Gasteiger charge is 2.10. The predicted octanol–water partition coefficient (Wildman–Crippen LogP) is 2.81. The van der Waals surface area contributed by atoms with E-state index in [-0.39, 0.29) is 16.2 Å². The summed E-state index contributed by atoms with van der Waals surface area (Å²) < 4.78 is 15.1. The first-order valence-electron chi connectivity index (χ1n) is 6.26. The summed E-state index contributed by atoms with van der Waals surface area (Å²) in [6.07, 6.45) is 2.70. The van der Waals surface area contributed by atoms with E-state index in [4.69, 9.17) is 0 Å². The Hall–Kier alpha value is -1.69. The molecule has 0 aliphatic carbocycles. The van der Waals surface area contributed by atoms with Crippen molar-refractivity contribution >= 4 is 21.8 Å². The smallest absolute Gasteiger partial charge is 0.251 e. The third kappa shape index (κ3) is 3.25. The lowest BCUT2D eigenvalue weighted by molar-refractivity contribution is 0.0950. The second-order valence-corrected chi connectivity index (χ2v) is 5.29. The van der Waals surface area contributed by atoms with E-state index in [1.54, 1.807) is 4.68 Å². The number of rotatable bonds is 4. The molecule has 1 heterocycles. The number of hydrogen-bond donors (Lipinski definition) is 1. The third-order valence-corrected chi connectivity index (χ3v) is 3.56. The number of benzene rings is 1. The minimum atomic E-state index is -0.387. The Kier molecular flexibility index (Phi) is 4.54. The Morgan fingerprint density at radius 3 is 2.90 bits per heavy atom. The number of hydrogen-bond acceptors (Lipinski definition) is 2. The molecule has 20 heavy (non-hydrogen) atoms. The van der Waals surface area contributed by atoms with Crippen LogP contribution >= 0.6 is 15.9 Å². The van der Waals surface area contributed by atoms with Crippen LogP contribution in [0.5, 0.6) is 0 Å². The summed E-state index contributed by atoms with van der Waals surface area (Å²) in [4.78, 5) is 12.0.